The van der Waals surface area contributed by atoms with Gasteiger partial charge in [0.15, 0.2) is 0 Å². The summed E-state index contributed by atoms with van der Waals surface area (Å²) in [6, 6.07) is 41.1. The highest BCUT2D eigenvalue weighted by Gasteiger charge is 2.49. The van der Waals surface area contributed by atoms with Gasteiger partial charge in [-0.2, -0.15) is 0 Å². The topological polar surface area (TPSA) is 6.48 Å². The Bertz CT molecular complexity index is 3670. The van der Waals surface area contributed by atoms with Crippen molar-refractivity contribution < 1.29 is 0 Å². The van der Waals surface area contributed by atoms with E-state index in [-0.39, 0.29) is 50.0 Å². The predicted molar refractivity (Wildman–Crippen MR) is 356 cm³/mol. The maximum atomic E-state index is 2.86. The van der Waals surface area contributed by atoms with Crippen LogP contribution in [0.5, 0.6) is 0 Å². The van der Waals surface area contributed by atoms with Gasteiger partial charge in [-0.3, -0.25) is 0 Å². The molecule has 0 amide bonds. The monoisotopic (exact) mass is 1090 g/mol. The first-order chi connectivity index (χ1) is 37.0. The summed E-state index contributed by atoms with van der Waals surface area (Å²) in [7, 11) is -1.50. The van der Waals surface area contributed by atoms with E-state index in [1.54, 1.807) is 33.4 Å². The number of hydrogen-bond acceptors (Lipinski definition) is 3. The number of hydrogen-bond donors (Lipinski definition) is 0. The minimum atomic E-state index is -1.50. The molecule has 80 heavy (non-hydrogen) atoms. The average Bonchev–Trinajstić information content (AvgIpc) is 3.93. The Kier molecular flexibility index (Phi) is 12.4. The summed E-state index contributed by atoms with van der Waals surface area (Å²) in [6.45, 7) is 52.8. The standard InChI is InChI=1S/C75H95BN2SSi/c1-68(2,3)48-24-26-50(27-25-48)78-63-40-49(69(4,5)6)39-62-66(63)76(65-53-42-56-59(45-64(53)79-67(65)78)75(17,18)36-33-72(56,11)12)60-43-57-58(74(15,16)35-34-73(57,13)14)44-61(60)77(62)37-30-47-38-54-55(71(9,10)32-31-70(54,7)8)41-52(47)46-22-28-51(29-23-46)80(19,20)21/h22-29,38-45H,30-37H2,1-21H3. The van der Waals surface area contributed by atoms with Gasteiger partial charge >= 0.3 is 0 Å². The zero-order valence-corrected chi connectivity index (χ0v) is 55.1. The van der Waals surface area contributed by atoms with Gasteiger partial charge in [0.1, 0.15) is 0 Å². The van der Waals surface area contributed by atoms with Crippen molar-refractivity contribution in [2.45, 2.75) is 233 Å². The van der Waals surface area contributed by atoms with E-state index in [9.17, 15) is 0 Å². The van der Waals surface area contributed by atoms with Crippen molar-refractivity contribution in [3.8, 4) is 11.1 Å². The second-order valence-electron chi connectivity index (χ2n) is 33.0. The van der Waals surface area contributed by atoms with Crippen molar-refractivity contribution in [1.82, 2.24) is 0 Å². The smallest absolute Gasteiger partial charge is 0.254 e. The largest absolute Gasteiger partial charge is 0.342 e. The zero-order valence-electron chi connectivity index (χ0n) is 53.3. The van der Waals surface area contributed by atoms with E-state index in [1.807, 2.05) is 0 Å². The van der Waals surface area contributed by atoms with Crippen molar-refractivity contribution in [3.63, 3.8) is 0 Å². The molecule has 5 aliphatic rings. The highest BCUT2D eigenvalue weighted by molar-refractivity contribution is 7.26. The molecule has 0 spiro atoms. The maximum Gasteiger partial charge on any atom is 0.254 e. The molecule has 0 N–H and O–H groups in total. The minimum Gasteiger partial charge on any atom is -0.342 e. The van der Waals surface area contributed by atoms with E-state index in [2.05, 4.69) is 262 Å². The molecule has 0 radical (unpaired) electrons. The molecule has 12 rings (SSSR count). The quantitative estimate of drug-likeness (QED) is 0.153. The van der Waals surface area contributed by atoms with Crippen LogP contribution < -0.4 is 31.4 Å². The molecule has 7 aromatic rings. The summed E-state index contributed by atoms with van der Waals surface area (Å²) in [5, 5.41) is 4.36. The van der Waals surface area contributed by atoms with E-state index >= 15 is 0 Å². The van der Waals surface area contributed by atoms with Crippen LogP contribution in [0.1, 0.15) is 213 Å². The lowest BCUT2D eigenvalue weighted by atomic mass is 9.33. The summed E-state index contributed by atoms with van der Waals surface area (Å²) in [5.74, 6) is 0. The third-order valence-electron chi connectivity index (χ3n) is 21.3. The van der Waals surface area contributed by atoms with Crippen LogP contribution in [0.15, 0.2) is 97.1 Å². The van der Waals surface area contributed by atoms with Crippen molar-refractivity contribution in [1.29, 1.82) is 0 Å². The number of thiophene rings is 1. The lowest BCUT2D eigenvalue weighted by Gasteiger charge is -2.47. The fourth-order valence-corrected chi connectivity index (χ4v) is 17.7. The molecule has 0 saturated heterocycles. The van der Waals surface area contributed by atoms with Crippen LogP contribution in [0.2, 0.25) is 19.6 Å². The Balaban J connectivity index is 1.16. The summed E-state index contributed by atoms with van der Waals surface area (Å²) < 4.78 is 1.42. The minimum absolute atomic E-state index is 0.0469. The third-order valence-corrected chi connectivity index (χ3v) is 24.6. The third kappa shape index (κ3) is 8.88. The van der Waals surface area contributed by atoms with Gasteiger partial charge in [-0.05, 0) is 214 Å². The van der Waals surface area contributed by atoms with Crippen molar-refractivity contribution in [2.24, 2.45) is 0 Å². The molecule has 0 atom stereocenters. The molecule has 0 unspecified atom stereocenters. The number of nitrogens with zero attached hydrogens (tertiary/aromatic N) is 2. The van der Waals surface area contributed by atoms with Crippen molar-refractivity contribution >= 4 is 85.5 Å². The van der Waals surface area contributed by atoms with Crippen LogP contribution in [-0.2, 0) is 49.7 Å². The van der Waals surface area contributed by atoms with E-state index in [0.29, 0.717) is 0 Å². The Morgan fingerprint density at radius 1 is 0.487 bits per heavy atom. The molecule has 6 aromatic carbocycles. The normalized spacial score (nSPS) is 19.9. The van der Waals surface area contributed by atoms with Crippen LogP contribution in [0.4, 0.5) is 27.8 Å². The van der Waals surface area contributed by atoms with Crippen molar-refractivity contribution in [3.05, 3.63) is 147 Å². The van der Waals surface area contributed by atoms with E-state index in [0.717, 1.165) is 13.0 Å². The van der Waals surface area contributed by atoms with E-state index < -0.39 is 8.07 Å². The second-order valence-corrected chi connectivity index (χ2v) is 39.1. The molecule has 5 heteroatoms. The van der Waals surface area contributed by atoms with E-state index in [1.165, 1.54) is 126 Å². The fourth-order valence-electron chi connectivity index (χ4n) is 15.3. The van der Waals surface area contributed by atoms with Crippen LogP contribution in [-0.4, -0.2) is 21.3 Å². The molecule has 3 heterocycles. The lowest BCUT2D eigenvalue weighted by molar-refractivity contribution is 0.331. The van der Waals surface area contributed by atoms with Gasteiger partial charge < -0.3 is 9.80 Å². The zero-order chi connectivity index (χ0) is 57.6. The van der Waals surface area contributed by atoms with Crippen LogP contribution >= 0.6 is 11.3 Å². The molecule has 1 aromatic heterocycles. The van der Waals surface area contributed by atoms with Crippen LogP contribution in [0.3, 0.4) is 0 Å². The molecule has 0 bridgehead atoms. The van der Waals surface area contributed by atoms with Gasteiger partial charge in [-0.15, -0.1) is 11.3 Å². The highest BCUT2D eigenvalue weighted by Crippen LogP contribution is 2.55. The molecule has 0 fully saturated rings. The molecular weight excluding hydrogens is 1000 g/mol. The van der Waals surface area contributed by atoms with E-state index in [4.69, 9.17) is 0 Å². The predicted octanol–water partition coefficient (Wildman–Crippen LogP) is 18.7. The maximum absolute atomic E-state index is 2.86. The fraction of sp³-hybridized carbons (Fsp3) is 0.493. The first-order valence-corrected chi connectivity index (χ1v) is 35.3. The van der Waals surface area contributed by atoms with Gasteiger partial charge in [0, 0.05) is 34.0 Å². The van der Waals surface area contributed by atoms with Gasteiger partial charge in [0.05, 0.1) is 13.1 Å². The lowest BCUT2D eigenvalue weighted by Crippen LogP contribution is -2.62. The molecule has 0 saturated carbocycles. The number of anilines is 5. The Labute approximate surface area is 489 Å². The summed E-state index contributed by atoms with van der Waals surface area (Å²) in [4.78, 5) is 5.59. The van der Waals surface area contributed by atoms with Gasteiger partial charge in [-0.1, -0.05) is 204 Å². The first kappa shape index (κ1) is 55.7. The Hall–Kier alpha value is -4.84. The van der Waals surface area contributed by atoms with Gasteiger partial charge in [0.2, 0.25) is 0 Å². The number of fused-ring (bicyclic) bond motifs is 9. The molecule has 3 aliphatic carbocycles. The van der Waals surface area contributed by atoms with Crippen LogP contribution in [0, 0.1) is 0 Å². The summed E-state index contributed by atoms with van der Waals surface area (Å²) in [5.41, 5.74) is 26.6. The van der Waals surface area contributed by atoms with Crippen molar-refractivity contribution in [2.75, 3.05) is 16.3 Å². The molecule has 2 aliphatic heterocycles. The highest BCUT2D eigenvalue weighted by atomic mass is 32.1. The Morgan fingerprint density at radius 2 is 0.963 bits per heavy atom. The number of rotatable bonds is 6. The molecular formula is C75H95BN2SSi. The van der Waals surface area contributed by atoms with Gasteiger partial charge in [0.25, 0.3) is 6.71 Å². The second kappa shape index (κ2) is 17.8. The SMILES string of the molecule is CC(C)(C)c1ccc(N2c3cc(C(C)(C)C)cc4c3B(c3cc5c(cc3N4CCc3cc4c(cc3-c3ccc([Si](C)(C)C)cc3)C(C)(C)CCC4(C)C)C(C)(C)CCC5(C)C)c3c2sc2cc4c(cc32)C(C)(C)CCC4(C)C)cc1. The number of benzene rings is 6. The first-order valence-electron chi connectivity index (χ1n) is 30.9. The van der Waals surface area contributed by atoms with Crippen LogP contribution in [0.25, 0.3) is 21.2 Å². The Morgan fingerprint density at radius 3 is 1.49 bits per heavy atom. The molecule has 2 nitrogen and oxygen atoms in total. The molecule has 418 valence electrons. The summed E-state index contributed by atoms with van der Waals surface area (Å²) in [6.07, 6.45) is 8.11. The van der Waals surface area contributed by atoms with Gasteiger partial charge in [-0.25, -0.2) is 0 Å². The average molecular weight is 1100 g/mol. The summed E-state index contributed by atoms with van der Waals surface area (Å²) >= 11 is 2.05.